The van der Waals surface area contributed by atoms with Gasteiger partial charge in [0, 0.05) is 18.8 Å². The largest absolute Gasteiger partial charge is 0.508 e. The first kappa shape index (κ1) is 20.8. The number of nitrogens with zero attached hydrogens (tertiary/aromatic N) is 1. The molecule has 0 saturated heterocycles. The number of methoxy groups -OCH3 is 1. The predicted molar refractivity (Wildman–Crippen MR) is 102 cm³/mol. The van der Waals surface area contributed by atoms with Gasteiger partial charge < -0.3 is 24.8 Å². The van der Waals surface area contributed by atoms with E-state index in [1.54, 1.807) is 37.3 Å². The monoisotopic (exact) mass is 386 g/mol. The average Bonchev–Trinajstić information content (AvgIpc) is 2.67. The van der Waals surface area contributed by atoms with Gasteiger partial charge in [-0.3, -0.25) is 9.59 Å². The number of nitrogens with one attached hydrogen (secondary N) is 1. The molecule has 2 aromatic rings. The van der Waals surface area contributed by atoms with Crippen molar-refractivity contribution in [2.45, 2.75) is 6.92 Å². The summed E-state index contributed by atoms with van der Waals surface area (Å²) in [6.07, 6.45) is 0. The molecule has 0 aliphatic carbocycles. The Labute approximate surface area is 162 Å². The van der Waals surface area contributed by atoms with E-state index in [0.29, 0.717) is 17.0 Å². The van der Waals surface area contributed by atoms with E-state index in [1.807, 2.05) is 0 Å². The summed E-state index contributed by atoms with van der Waals surface area (Å²) in [5.74, 6) is -1.12. The van der Waals surface area contributed by atoms with E-state index in [0.717, 1.165) is 4.90 Å². The summed E-state index contributed by atoms with van der Waals surface area (Å²) in [4.78, 5) is 37.3. The number of phenolic OH excluding ortho intramolecular Hbond substituents is 1. The number of likely N-dealkylation sites (N-methyl/N-ethyl adjacent to an activating group) is 1. The van der Waals surface area contributed by atoms with Gasteiger partial charge in [0.1, 0.15) is 11.5 Å². The Morgan fingerprint density at radius 2 is 1.89 bits per heavy atom. The number of aryl methyl sites for hydroxylation is 1. The van der Waals surface area contributed by atoms with Crippen LogP contribution in [0.5, 0.6) is 11.5 Å². The van der Waals surface area contributed by atoms with Crippen molar-refractivity contribution in [2.24, 2.45) is 0 Å². The average molecular weight is 386 g/mol. The van der Waals surface area contributed by atoms with Gasteiger partial charge in [-0.15, -0.1) is 0 Å². The van der Waals surface area contributed by atoms with Gasteiger partial charge in [-0.05, 0) is 36.8 Å². The van der Waals surface area contributed by atoms with Gasteiger partial charge in [0.2, 0.25) is 5.91 Å². The molecule has 0 spiro atoms. The van der Waals surface area contributed by atoms with Crippen LogP contribution in [-0.2, 0) is 14.3 Å². The molecule has 0 radical (unpaired) electrons. The van der Waals surface area contributed by atoms with Crippen LogP contribution in [0.3, 0.4) is 0 Å². The van der Waals surface area contributed by atoms with Crippen LogP contribution in [0.4, 0.5) is 5.69 Å². The van der Waals surface area contributed by atoms with Gasteiger partial charge in [-0.25, -0.2) is 4.79 Å². The lowest BCUT2D eigenvalue weighted by molar-refractivity contribution is -0.136. The maximum absolute atomic E-state index is 12.1. The summed E-state index contributed by atoms with van der Waals surface area (Å²) in [6, 6.07) is 11.2. The molecule has 0 aromatic heterocycles. The Bertz CT molecular complexity index is 881. The van der Waals surface area contributed by atoms with Gasteiger partial charge in [0.25, 0.3) is 5.91 Å². The molecule has 0 fully saturated rings. The van der Waals surface area contributed by atoms with Gasteiger partial charge in [-0.1, -0.05) is 12.1 Å². The molecule has 0 unspecified atom stereocenters. The molecule has 0 aliphatic heterocycles. The van der Waals surface area contributed by atoms with E-state index < -0.39 is 24.4 Å². The second-order valence-corrected chi connectivity index (χ2v) is 6.11. The highest BCUT2D eigenvalue weighted by atomic mass is 16.5. The zero-order valence-electron chi connectivity index (χ0n) is 15.9. The van der Waals surface area contributed by atoms with Gasteiger partial charge in [-0.2, -0.15) is 0 Å². The van der Waals surface area contributed by atoms with Crippen molar-refractivity contribution in [3.05, 3.63) is 53.6 Å². The topological polar surface area (TPSA) is 105 Å². The molecule has 8 nitrogen and oxygen atoms in total. The van der Waals surface area contributed by atoms with Gasteiger partial charge in [0.15, 0.2) is 6.61 Å². The van der Waals surface area contributed by atoms with Gasteiger partial charge in [0.05, 0.1) is 19.2 Å². The Hall–Kier alpha value is -3.55. The molecule has 2 N–H and O–H groups in total. The first-order valence-corrected chi connectivity index (χ1v) is 8.44. The smallest absolute Gasteiger partial charge is 0.338 e. The van der Waals surface area contributed by atoms with Crippen molar-refractivity contribution in [1.29, 1.82) is 0 Å². The number of anilines is 1. The van der Waals surface area contributed by atoms with Gasteiger partial charge >= 0.3 is 5.97 Å². The molecular formula is C20H22N2O6. The van der Waals surface area contributed by atoms with Crippen molar-refractivity contribution >= 4 is 23.5 Å². The van der Waals surface area contributed by atoms with Crippen molar-refractivity contribution in [3.63, 3.8) is 0 Å². The second kappa shape index (κ2) is 9.40. The summed E-state index contributed by atoms with van der Waals surface area (Å²) in [6.45, 7) is 0.967. The molecule has 0 aliphatic rings. The molecular weight excluding hydrogens is 364 g/mol. The van der Waals surface area contributed by atoms with Crippen LogP contribution in [0.25, 0.3) is 0 Å². The molecule has 28 heavy (non-hydrogen) atoms. The van der Waals surface area contributed by atoms with Crippen LogP contribution in [-0.4, -0.2) is 55.1 Å². The minimum Gasteiger partial charge on any atom is -0.508 e. The molecule has 0 atom stereocenters. The Morgan fingerprint density at radius 1 is 1.14 bits per heavy atom. The van der Waals surface area contributed by atoms with Crippen molar-refractivity contribution in [2.75, 3.05) is 32.6 Å². The Kier molecular flexibility index (Phi) is 6.97. The third-order valence-corrected chi connectivity index (χ3v) is 3.93. The first-order chi connectivity index (χ1) is 13.3. The fraction of sp³-hybridized carbons (Fsp3) is 0.250. The summed E-state index contributed by atoms with van der Waals surface area (Å²) in [5, 5.41) is 12.3. The predicted octanol–water partition coefficient (Wildman–Crippen LogP) is 1.96. The van der Waals surface area contributed by atoms with E-state index in [9.17, 15) is 19.5 Å². The lowest BCUT2D eigenvalue weighted by Crippen LogP contribution is -2.37. The fourth-order valence-corrected chi connectivity index (χ4v) is 2.26. The number of carbonyl (C=O) groups excluding carboxylic acids is 3. The normalized spacial score (nSPS) is 10.1. The first-order valence-electron chi connectivity index (χ1n) is 8.44. The minimum atomic E-state index is -0.738. The molecule has 148 valence electrons. The van der Waals surface area contributed by atoms with E-state index in [2.05, 4.69) is 5.32 Å². The number of hydrogen-bond donors (Lipinski definition) is 2. The molecule has 8 heteroatoms. The lowest BCUT2D eigenvalue weighted by atomic mass is 10.1. The summed E-state index contributed by atoms with van der Waals surface area (Å²) < 4.78 is 10.0. The maximum atomic E-state index is 12.1. The quantitative estimate of drug-likeness (QED) is 0.705. The number of hydrogen-bond acceptors (Lipinski definition) is 6. The second-order valence-electron chi connectivity index (χ2n) is 6.11. The number of rotatable bonds is 7. The minimum absolute atomic E-state index is 0.0351. The third kappa shape index (κ3) is 5.73. The summed E-state index contributed by atoms with van der Waals surface area (Å²) in [7, 11) is 2.95. The lowest BCUT2D eigenvalue weighted by Gasteiger charge is -2.17. The third-order valence-electron chi connectivity index (χ3n) is 3.93. The number of aromatic hydroxyl groups is 1. The summed E-state index contributed by atoms with van der Waals surface area (Å²) in [5.41, 5.74) is 1.29. The highest BCUT2D eigenvalue weighted by Crippen LogP contribution is 2.18. The highest BCUT2D eigenvalue weighted by Gasteiger charge is 2.16. The number of benzene rings is 2. The van der Waals surface area contributed by atoms with Crippen LogP contribution >= 0.6 is 0 Å². The van der Waals surface area contributed by atoms with E-state index >= 15 is 0 Å². The van der Waals surface area contributed by atoms with Crippen LogP contribution in [0.15, 0.2) is 42.5 Å². The van der Waals surface area contributed by atoms with Crippen LogP contribution in [0, 0.1) is 6.92 Å². The van der Waals surface area contributed by atoms with Crippen LogP contribution in [0.1, 0.15) is 15.9 Å². The number of carbonyl (C=O) groups is 3. The number of esters is 1. The molecule has 0 heterocycles. The van der Waals surface area contributed by atoms with Crippen molar-refractivity contribution in [3.8, 4) is 11.5 Å². The molecule has 2 rings (SSSR count). The highest BCUT2D eigenvalue weighted by molar-refractivity contribution is 5.95. The summed E-state index contributed by atoms with van der Waals surface area (Å²) >= 11 is 0. The molecule has 0 bridgehead atoms. The fourth-order valence-electron chi connectivity index (χ4n) is 2.26. The van der Waals surface area contributed by atoms with Crippen molar-refractivity contribution < 1.29 is 29.0 Å². The standard InChI is InChI=1S/C20H22N2O6/c1-13-7-8-14(9-17(13)23)20(26)28-12-19(25)22(2)11-18(24)21-15-5-4-6-16(10-15)27-3/h4-10,23H,11-12H2,1-3H3,(H,21,24). The zero-order valence-corrected chi connectivity index (χ0v) is 15.9. The SMILES string of the molecule is COc1cccc(NC(=O)CN(C)C(=O)COC(=O)c2ccc(C)c(O)c2)c1. The van der Waals surface area contributed by atoms with Crippen LogP contribution < -0.4 is 10.1 Å². The molecule has 2 amide bonds. The number of amides is 2. The van der Waals surface area contributed by atoms with Crippen molar-refractivity contribution in [1.82, 2.24) is 4.90 Å². The van der Waals surface area contributed by atoms with E-state index in [1.165, 1.54) is 26.3 Å². The molecule has 0 saturated carbocycles. The van der Waals surface area contributed by atoms with E-state index in [4.69, 9.17) is 9.47 Å². The zero-order chi connectivity index (χ0) is 20.7. The number of phenols is 1. The Morgan fingerprint density at radius 3 is 2.57 bits per heavy atom. The maximum Gasteiger partial charge on any atom is 0.338 e. The number of ether oxygens (including phenoxy) is 2. The van der Waals surface area contributed by atoms with Crippen LogP contribution in [0.2, 0.25) is 0 Å². The Balaban J connectivity index is 1.83. The van der Waals surface area contributed by atoms with E-state index in [-0.39, 0.29) is 17.9 Å². The molecule has 2 aromatic carbocycles.